The Kier molecular flexibility index (Phi) is 7.75. The van der Waals surface area contributed by atoms with Crippen molar-refractivity contribution in [2.45, 2.75) is 57.7 Å². The summed E-state index contributed by atoms with van der Waals surface area (Å²) in [6.07, 6.45) is 5.20. The van der Waals surface area contributed by atoms with E-state index in [-0.39, 0.29) is 6.54 Å². The van der Waals surface area contributed by atoms with E-state index in [2.05, 4.69) is 25.8 Å². The minimum absolute atomic E-state index is 0.285. The molecule has 1 aromatic heterocycles. The number of aryl methyl sites for hydroxylation is 1. The van der Waals surface area contributed by atoms with Crippen LogP contribution in [0.25, 0.3) is 0 Å². The van der Waals surface area contributed by atoms with Crippen LogP contribution in [0.5, 0.6) is 0 Å². The fourth-order valence-electron chi connectivity index (χ4n) is 3.41. The molecule has 29 heavy (non-hydrogen) atoms. The maximum absolute atomic E-state index is 10.6. The summed E-state index contributed by atoms with van der Waals surface area (Å²) in [6, 6.07) is 5.46. The van der Waals surface area contributed by atoms with Crippen molar-refractivity contribution in [2.24, 2.45) is 12.0 Å². The van der Waals surface area contributed by atoms with E-state index in [9.17, 15) is 5.11 Å². The standard InChI is InChI=1S/C20H28Cl2N6O/c1-13-26-27-19(28(13)2)12-24-20(25-17-6-4-3-5-7-17)23-11-18(29)14-8-15(21)10-16(22)9-14/h8-10,17-18,29H,3-7,11-12H2,1-2H3,(H2,23,24,25). The molecule has 0 saturated heterocycles. The molecule has 7 nitrogen and oxygen atoms in total. The summed E-state index contributed by atoms with van der Waals surface area (Å²) in [5.74, 6) is 2.29. The van der Waals surface area contributed by atoms with Gasteiger partial charge in [-0.1, -0.05) is 42.5 Å². The highest BCUT2D eigenvalue weighted by molar-refractivity contribution is 6.34. The lowest BCUT2D eigenvalue weighted by molar-refractivity contribution is 0.180. The molecule has 3 rings (SSSR count). The fraction of sp³-hybridized carbons (Fsp3) is 0.550. The molecule has 1 aliphatic carbocycles. The first-order valence-corrected chi connectivity index (χ1v) is 10.7. The van der Waals surface area contributed by atoms with Crippen LogP contribution in [0.4, 0.5) is 0 Å². The summed E-state index contributed by atoms with van der Waals surface area (Å²) >= 11 is 12.1. The second-order valence-corrected chi connectivity index (χ2v) is 8.34. The lowest BCUT2D eigenvalue weighted by Gasteiger charge is -2.25. The van der Waals surface area contributed by atoms with Crippen molar-refractivity contribution in [2.75, 3.05) is 6.54 Å². The number of aliphatic imine (C=N–C) groups is 1. The van der Waals surface area contributed by atoms with Gasteiger partial charge < -0.3 is 20.3 Å². The Labute approximate surface area is 181 Å². The first kappa shape index (κ1) is 21.9. The zero-order valence-electron chi connectivity index (χ0n) is 16.8. The molecule has 3 N–H and O–H groups in total. The normalized spacial score (nSPS) is 16.7. The molecule has 1 aliphatic rings. The maximum Gasteiger partial charge on any atom is 0.192 e. The van der Waals surface area contributed by atoms with E-state index in [0.29, 0.717) is 34.2 Å². The van der Waals surface area contributed by atoms with E-state index in [1.807, 2.05) is 18.5 Å². The van der Waals surface area contributed by atoms with Crippen LogP contribution in [0, 0.1) is 6.92 Å². The van der Waals surface area contributed by atoms with Crippen molar-refractivity contribution in [3.8, 4) is 0 Å². The third kappa shape index (κ3) is 6.32. The van der Waals surface area contributed by atoms with E-state index in [1.165, 1.54) is 19.3 Å². The third-order valence-electron chi connectivity index (χ3n) is 5.24. The summed E-state index contributed by atoms with van der Waals surface area (Å²) in [7, 11) is 1.93. The van der Waals surface area contributed by atoms with E-state index in [1.54, 1.807) is 18.2 Å². The largest absolute Gasteiger partial charge is 0.387 e. The van der Waals surface area contributed by atoms with Gasteiger partial charge in [-0.2, -0.15) is 0 Å². The van der Waals surface area contributed by atoms with Gasteiger partial charge in [0.2, 0.25) is 0 Å². The van der Waals surface area contributed by atoms with Crippen molar-refractivity contribution in [3.05, 3.63) is 45.5 Å². The number of hydrogen-bond acceptors (Lipinski definition) is 4. The molecular formula is C20H28Cl2N6O. The Morgan fingerprint density at radius 3 is 2.52 bits per heavy atom. The number of hydrogen-bond donors (Lipinski definition) is 3. The summed E-state index contributed by atoms with van der Waals surface area (Å²) in [4.78, 5) is 4.67. The van der Waals surface area contributed by atoms with Crippen LogP contribution >= 0.6 is 23.2 Å². The molecule has 1 aromatic carbocycles. The van der Waals surface area contributed by atoms with Crippen LogP contribution in [-0.2, 0) is 13.6 Å². The van der Waals surface area contributed by atoms with Crippen LogP contribution in [0.3, 0.4) is 0 Å². The van der Waals surface area contributed by atoms with Crippen LogP contribution < -0.4 is 10.6 Å². The SMILES string of the molecule is Cc1nnc(CN=C(NCC(O)c2cc(Cl)cc(Cl)c2)NC2CCCCC2)n1C. The molecule has 0 bridgehead atoms. The van der Waals surface area contributed by atoms with Crippen LogP contribution in [0.2, 0.25) is 10.0 Å². The predicted molar refractivity (Wildman–Crippen MR) is 116 cm³/mol. The maximum atomic E-state index is 10.6. The topological polar surface area (TPSA) is 87.4 Å². The van der Waals surface area contributed by atoms with Gasteiger partial charge in [0.05, 0.1) is 6.10 Å². The van der Waals surface area contributed by atoms with Gasteiger partial charge in [-0.05, 0) is 43.5 Å². The van der Waals surface area contributed by atoms with Gasteiger partial charge in [0.25, 0.3) is 0 Å². The second kappa shape index (κ2) is 10.3. The van der Waals surface area contributed by atoms with Crippen molar-refractivity contribution in [3.63, 3.8) is 0 Å². The average Bonchev–Trinajstić information content (AvgIpc) is 3.02. The molecular weight excluding hydrogens is 411 g/mol. The van der Waals surface area contributed by atoms with Gasteiger partial charge in [0.15, 0.2) is 11.8 Å². The molecule has 2 aromatic rings. The Balaban J connectivity index is 1.67. The van der Waals surface area contributed by atoms with Crippen LogP contribution in [0.1, 0.15) is 55.4 Å². The van der Waals surface area contributed by atoms with E-state index in [0.717, 1.165) is 24.5 Å². The second-order valence-electron chi connectivity index (χ2n) is 7.47. The lowest BCUT2D eigenvalue weighted by atomic mass is 9.96. The summed E-state index contributed by atoms with van der Waals surface area (Å²) in [6.45, 7) is 2.59. The molecule has 1 heterocycles. The Hall–Kier alpha value is -1.83. The molecule has 1 fully saturated rings. The third-order valence-corrected chi connectivity index (χ3v) is 5.68. The number of benzene rings is 1. The summed E-state index contributed by atoms with van der Waals surface area (Å²) < 4.78 is 1.92. The average molecular weight is 439 g/mol. The van der Waals surface area contributed by atoms with E-state index in [4.69, 9.17) is 23.2 Å². The number of aliphatic hydroxyl groups excluding tert-OH is 1. The lowest BCUT2D eigenvalue weighted by Crippen LogP contribution is -2.45. The number of nitrogens with zero attached hydrogens (tertiary/aromatic N) is 4. The van der Waals surface area contributed by atoms with Gasteiger partial charge in [-0.3, -0.25) is 0 Å². The van der Waals surface area contributed by atoms with Gasteiger partial charge in [0, 0.05) is 29.7 Å². The number of rotatable bonds is 6. The van der Waals surface area contributed by atoms with Crippen LogP contribution in [0.15, 0.2) is 23.2 Å². The van der Waals surface area contributed by atoms with Gasteiger partial charge in [0.1, 0.15) is 12.4 Å². The molecule has 1 unspecified atom stereocenters. The van der Waals surface area contributed by atoms with Crippen molar-refractivity contribution in [1.29, 1.82) is 0 Å². The minimum atomic E-state index is -0.762. The number of nitrogens with one attached hydrogen (secondary N) is 2. The summed E-state index contributed by atoms with van der Waals surface area (Å²) in [5.41, 5.74) is 0.663. The first-order valence-electron chi connectivity index (χ1n) is 9.96. The van der Waals surface area contributed by atoms with Gasteiger partial charge in [-0.25, -0.2) is 4.99 Å². The highest BCUT2D eigenvalue weighted by Crippen LogP contribution is 2.23. The zero-order chi connectivity index (χ0) is 20.8. The highest BCUT2D eigenvalue weighted by Gasteiger charge is 2.16. The molecule has 0 aliphatic heterocycles. The minimum Gasteiger partial charge on any atom is -0.387 e. The Morgan fingerprint density at radius 2 is 1.90 bits per heavy atom. The molecule has 1 saturated carbocycles. The van der Waals surface area contributed by atoms with Crippen molar-refractivity contribution in [1.82, 2.24) is 25.4 Å². The number of guanidine groups is 1. The van der Waals surface area contributed by atoms with Gasteiger partial charge in [-0.15, -0.1) is 10.2 Å². The quantitative estimate of drug-likeness (QED) is 0.474. The summed E-state index contributed by atoms with van der Waals surface area (Å²) in [5, 5.41) is 26.6. The van der Waals surface area contributed by atoms with Crippen molar-refractivity contribution >= 4 is 29.2 Å². The molecule has 0 spiro atoms. The molecule has 0 amide bonds. The molecule has 0 radical (unpaired) electrons. The Bertz CT molecular complexity index is 827. The number of halogens is 2. The monoisotopic (exact) mass is 438 g/mol. The fourth-order valence-corrected chi connectivity index (χ4v) is 3.95. The number of aromatic nitrogens is 3. The molecule has 158 valence electrons. The molecule has 1 atom stereocenters. The number of aliphatic hydroxyl groups is 1. The zero-order valence-corrected chi connectivity index (χ0v) is 18.3. The first-order chi connectivity index (χ1) is 13.9. The smallest absolute Gasteiger partial charge is 0.192 e. The van der Waals surface area contributed by atoms with E-state index < -0.39 is 6.10 Å². The van der Waals surface area contributed by atoms with E-state index >= 15 is 0 Å². The van der Waals surface area contributed by atoms with Gasteiger partial charge >= 0.3 is 0 Å². The van der Waals surface area contributed by atoms with Crippen LogP contribution in [-0.4, -0.2) is 38.4 Å². The highest BCUT2D eigenvalue weighted by atomic mass is 35.5. The molecule has 9 heteroatoms. The van der Waals surface area contributed by atoms with Crippen molar-refractivity contribution < 1.29 is 5.11 Å². The predicted octanol–water partition coefficient (Wildman–Crippen LogP) is 3.53. The Morgan fingerprint density at radius 1 is 1.21 bits per heavy atom.